The lowest BCUT2D eigenvalue weighted by Gasteiger charge is -2.18. The first-order valence-electron chi connectivity index (χ1n) is 7.42. The summed E-state index contributed by atoms with van der Waals surface area (Å²) in [5.41, 5.74) is 7.44. The number of benzene rings is 1. The number of hydrogen-bond acceptors (Lipinski definition) is 4. The third kappa shape index (κ3) is 3.31. The summed E-state index contributed by atoms with van der Waals surface area (Å²) in [5.74, 6) is 0.508. The van der Waals surface area contributed by atoms with Crippen LogP contribution in [0.15, 0.2) is 41.3 Å². The average Bonchev–Trinajstić information content (AvgIpc) is 2.98. The highest BCUT2D eigenvalue weighted by Crippen LogP contribution is 2.21. The van der Waals surface area contributed by atoms with Crippen LogP contribution in [0.2, 0.25) is 5.02 Å². The van der Waals surface area contributed by atoms with Crippen molar-refractivity contribution in [2.75, 3.05) is 24.5 Å². The van der Waals surface area contributed by atoms with E-state index in [4.69, 9.17) is 17.3 Å². The van der Waals surface area contributed by atoms with Gasteiger partial charge in [-0.2, -0.15) is 5.10 Å². The molecule has 1 aliphatic heterocycles. The highest BCUT2D eigenvalue weighted by Gasteiger charge is 2.22. The Kier molecular flexibility index (Phi) is 4.45. The first-order chi connectivity index (χ1) is 10.7. The second-order valence-corrected chi connectivity index (χ2v) is 6.11. The molecule has 1 saturated heterocycles. The number of halogens is 1. The molecule has 3 rings (SSSR count). The van der Waals surface area contributed by atoms with Gasteiger partial charge in [-0.1, -0.05) is 23.7 Å². The Balaban J connectivity index is 1.77. The molecule has 1 atom stereocenters. The lowest BCUT2D eigenvalue weighted by molar-refractivity contribution is 0.601. The molecule has 0 aliphatic carbocycles. The molecule has 2 aromatic rings. The van der Waals surface area contributed by atoms with Crippen LogP contribution in [0.3, 0.4) is 0 Å². The van der Waals surface area contributed by atoms with E-state index >= 15 is 0 Å². The van der Waals surface area contributed by atoms with Crippen molar-refractivity contribution >= 4 is 17.3 Å². The van der Waals surface area contributed by atoms with Crippen LogP contribution < -0.4 is 16.2 Å². The van der Waals surface area contributed by atoms with Gasteiger partial charge in [0.1, 0.15) is 0 Å². The van der Waals surface area contributed by atoms with E-state index in [2.05, 4.69) is 10.00 Å². The molecule has 1 fully saturated rings. The summed E-state index contributed by atoms with van der Waals surface area (Å²) in [4.78, 5) is 14.4. The molecule has 1 aliphatic rings. The summed E-state index contributed by atoms with van der Waals surface area (Å²) >= 11 is 5.96. The largest absolute Gasteiger partial charge is 0.370 e. The van der Waals surface area contributed by atoms with E-state index in [1.165, 1.54) is 4.68 Å². The van der Waals surface area contributed by atoms with Gasteiger partial charge in [0, 0.05) is 24.2 Å². The minimum atomic E-state index is -0.103. The average molecular weight is 319 g/mol. The fourth-order valence-corrected chi connectivity index (χ4v) is 3.00. The molecule has 2 N–H and O–H groups in total. The second-order valence-electron chi connectivity index (χ2n) is 5.68. The fraction of sp³-hybridized carbons (Fsp3) is 0.375. The maximum atomic E-state index is 12.3. The zero-order valence-corrected chi connectivity index (χ0v) is 13.0. The van der Waals surface area contributed by atoms with Gasteiger partial charge in [0.2, 0.25) is 0 Å². The van der Waals surface area contributed by atoms with Gasteiger partial charge < -0.3 is 10.6 Å². The Morgan fingerprint density at radius 3 is 2.91 bits per heavy atom. The van der Waals surface area contributed by atoms with E-state index in [0.717, 1.165) is 30.8 Å². The van der Waals surface area contributed by atoms with Crippen molar-refractivity contribution in [3.05, 3.63) is 57.5 Å². The van der Waals surface area contributed by atoms with Gasteiger partial charge in [0.25, 0.3) is 5.56 Å². The van der Waals surface area contributed by atoms with Crippen molar-refractivity contribution in [1.29, 1.82) is 0 Å². The van der Waals surface area contributed by atoms with Gasteiger partial charge in [-0.3, -0.25) is 4.79 Å². The molecule has 1 aromatic carbocycles. The number of nitrogens with zero attached hydrogens (tertiary/aromatic N) is 3. The van der Waals surface area contributed by atoms with Gasteiger partial charge in [-0.15, -0.1) is 0 Å². The molecule has 0 saturated carbocycles. The molecule has 22 heavy (non-hydrogen) atoms. The monoisotopic (exact) mass is 318 g/mol. The number of anilines is 1. The molecule has 1 aromatic heterocycles. The fourth-order valence-electron chi connectivity index (χ4n) is 2.78. The van der Waals surface area contributed by atoms with Gasteiger partial charge in [0.05, 0.1) is 18.4 Å². The highest BCUT2D eigenvalue weighted by atomic mass is 35.5. The van der Waals surface area contributed by atoms with Crippen molar-refractivity contribution in [2.45, 2.75) is 13.0 Å². The van der Waals surface area contributed by atoms with Gasteiger partial charge >= 0.3 is 0 Å². The Morgan fingerprint density at radius 2 is 2.23 bits per heavy atom. The maximum absolute atomic E-state index is 12.3. The number of rotatable bonds is 4. The molecular formula is C16H19ClN4O. The van der Waals surface area contributed by atoms with E-state index in [-0.39, 0.29) is 5.56 Å². The van der Waals surface area contributed by atoms with Crippen LogP contribution in [0.25, 0.3) is 0 Å². The first kappa shape index (κ1) is 15.1. The summed E-state index contributed by atoms with van der Waals surface area (Å²) in [6.45, 7) is 2.94. The Labute approximate surface area is 134 Å². The van der Waals surface area contributed by atoms with E-state index in [1.54, 1.807) is 12.3 Å². The van der Waals surface area contributed by atoms with Crippen molar-refractivity contribution in [1.82, 2.24) is 9.78 Å². The van der Waals surface area contributed by atoms with Crippen LogP contribution >= 0.6 is 11.6 Å². The van der Waals surface area contributed by atoms with Gasteiger partial charge in [-0.25, -0.2) is 4.68 Å². The smallest absolute Gasteiger partial charge is 0.269 e. The lowest BCUT2D eigenvalue weighted by atomic mass is 10.1. The minimum absolute atomic E-state index is 0.103. The minimum Gasteiger partial charge on any atom is -0.370 e. The normalized spacial score (nSPS) is 17.9. The molecule has 116 valence electrons. The van der Waals surface area contributed by atoms with Crippen LogP contribution in [-0.4, -0.2) is 29.4 Å². The third-order valence-corrected chi connectivity index (χ3v) is 4.30. The van der Waals surface area contributed by atoms with E-state index in [1.807, 2.05) is 24.3 Å². The quantitative estimate of drug-likeness (QED) is 0.932. The van der Waals surface area contributed by atoms with Crippen LogP contribution in [0.1, 0.15) is 12.0 Å². The molecule has 1 unspecified atom stereocenters. The van der Waals surface area contributed by atoms with Gasteiger partial charge in [-0.05, 0) is 36.6 Å². The first-order valence-corrected chi connectivity index (χ1v) is 7.80. The van der Waals surface area contributed by atoms with E-state index in [9.17, 15) is 4.79 Å². The lowest BCUT2D eigenvalue weighted by Crippen LogP contribution is -2.27. The molecular weight excluding hydrogens is 300 g/mol. The molecule has 6 heteroatoms. The number of hydrogen-bond donors (Lipinski definition) is 1. The highest BCUT2D eigenvalue weighted by molar-refractivity contribution is 6.30. The van der Waals surface area contributed by atoms with Crippen LogP contribution in [-0.2, 0) is 6.54 Å². The predicted molar refractivity (Wildman–Crippen MR) is 88.4 cm³/mol. The zero-order chi connectivity index (χ0) is 15.5. The SMILES string of the molecule is NCC1CCN(c2cnn(Cc3cccc(Cl)c3)c(=O)c2)C1. The molecule has 5 nitrogen and oxygen atoms in total. The summed E-state index contributed by atoms with van der Waals surface area (Å²) in [6.07, 6.45) is 2.83. The second kappa shape index (κ2) is 6.50. The maximum Gasteiger partial charge on any atom is 0.269 e. The van der Waals surface area contributed by atoms with Crippen molar-refractivity contribution in [3.8, 4) is 0 Å². The standard InChI is InChI=1S/C16H19ClN4O/c17-14-3-1-2-12(6-14)11-21-16(22)7-15(9-19-21)20-5-4-13(8-18)10-20/h1-3,6-7,9,13H,4-5,8,10-11,18H2. The van der Waals surface area contributed by atoms with Crippen molar-refractivity contribution in [3.63, 3.8) is 0 Å². The van der Waals surface area contributed by atoms with Crippen LogP contribution in [0.5, 0.6) is 0 Å². The predicted octanol–water partition coefficient (Wildman–Crippen LogP) is 1.73. The summed E-state index contributed by atoms with van der Waals surface area (Å²) < 4.78 is 1.45. The molecule has 2 heterocycles. The summed E-state index contributed by atoms with van der Waals surface area (Å²) in [6, 6.07) is 9.10. The number of nitrogens with two attached hydrogens (primary N) is 1. The number of aromatic nitrogens is 2. The summed E-state index contributed by atoms with van der Waals surface area (Å²) in [5, 5.41) is 4.95. The Bertz CT molecular complexity index is 715. The molecule has 0 radical (unpaired) electrons. The van der Waals surface area contributed by atoms with Crippen molar-refractivity contribution in [2.24, 2.45) is 11.7 Å². The van der Waals surface area contributed by atoms with Crippen LogP contribution in [0, 0.1) is 5.92 Å². The van der Waals surface area contributed by atoms with Crippen LogP contribution in [0.4, 0.5) is 5.69 Å². The Morgan fingerprint density at radius 1 is 1.36 bits per heavy atom. The van der Waals surface area contributed by atoms with Gasteiger partial charge in [0.15, 0.2) is 0 Å². The molecule has 0 spiro atoms. The molecule has 0 bridgehead atoms. The van der Waals surface area contributed by atoms with Crippen molar-refractivity contribution < 1.29 is 0 Å². The Hall–Kier alpha value is -1.85. The van der Waals surface area contributed by atoms with E-state index < -0.39 is 0 Å². The third-order valence-electron chi connectivity index (χ3n) is 4.06. The summed E-state index contributed by atoms with van der Waals surface area (Å²) in [7, 11) is 0. The van der Waals surface area contributed by atoms with E-state index in [0.29, 0.717) is 24.0 Å². The molecule has 0 amide bonds. The topological polar surface area (TPSA) is 64.2 Å². The zero-order valence-electron chi connectivity index (χ0n) is 12.3.